The first-order valence-electron chi connectivity index (χ1n) is 4.77. The quantitative estimate of drug-likeness (QED) is 0.734. The Balaban J connectivity index is 2.13. The largest absolute Gasteiger partial charge is 0.269 e. The Morgan fingerprint density at radius 1 is 1.54 bits per heavy atom. The van der Waals surface area contributed by atoms with Crippen LogP contribution in [0.1, 0.15) is 24.2 Å². The molecule has 1 aliphatic rings. The van der Waals surface area contributed by atoms with E-state index in [0.717, 1.165) is 18.0 Å². The molecule has 1 heterocycles. The van der Waals surface area contributed by atoms with Crippen LogP contribution in [0.25, 0.3) is 0 Å². The predicted octanol–water partition coefficient (Wildman–Crippen LogP) is 2.21. The summed E-state index contributed by atoms with van der Waals surface area (Å²) in [7, 11) is 0. The highest BCUT2D eigenvalue weighted by molar-refractivity contribution is 7.80. The van der Waals surface area contributed by atoms with Crippen LogP contribution < -0.4 is 0 Å². The number of hydrogen-bond acceptors (Lipinski definition) is 2. The molecule has 0 bridgehead atoms. The molecule has 0 unspecified atom stereocenters. The van der Waals surface area contributed by atoms with E-state index in [2.05, 4.69) is 35.4 Å². The van der Waals surface area contributed by atoms with Crippen LogP contribution in [0.5, 0.6) is 0 Å². The third-order valence-electron chi connectivity index (χ3n) is 2.88. The van der Waals surface area contributed by atoms with Crippen molar-refractivity contribution < 1.29 is 0 Å². The first-order chi connectivity index (χ1) is 6.15. The van der Waals surface area contributed by atoms with Crippen LogP contribution in [-0.2, 0) is 6.54 Å². The highest BCUT2D eigenvalue weighted by atomic mass is 32.1. The standard InChI is InChI=1S/C10H16N2S/c1-8-5-9(2)12(11-8)6-10(7-13)3-4-10/h5,13H,3-4,6-7H2,1-2H3. The van der Waals surface area contributed by atoms with Gasteiger partial charge in [-0.2, -0.15) is 17.7 Å². The van der Waals surface area contributed by atoms with Gasteiger partial charge in [-0.15, -0.1) is 0 Å². The Kier molecular flexibility index (Phi) is 2.14. The lowest BCUT2D eigenvalue weighted by Gasteiger charge is -2.12. The molecule has 1 saturated carbocycles. The average Bonchev–Trinajstić information content (AvgIpc) is 2.77. The second-order valence-corrected chi connectivity index (χ2v) is 4.56. The molecule has 3 heteroatoms. The molecule has 2 nitrogen and oxygen atoms in total. The van der Waals surface area contributed by atoms with Crippen molar-refractivity contribution in [2.24, 2.45) is 5.41 Å². The van der Waals surface area contributed by atoms with Gasteiger partial charge in [0.05, 0.1) is 5.69 Å². The molecule has 1 fully saturated rings. The molecule has 0 aliphatic heterocycles. The number of rotatable bonds is 3. The van der Waals surface area contributed by atoms with Crippen LogP contribution in [0.15, 0.2) is 6.07 Å². The van der Waals surface area contributed by atoms with Crippen LogP contribution >= 0.6 is 12.6 Å². The van der Waals surface area contributed by atoms with Gasteiger partial charge in [0.2, 0.25) is 0 Å². The topological polar surface area (TPSA) is 17.8 Å². The van der Waals surface area contributed by atoms with Crippen LogP contribution in [0.3, 0.4) is 0 Å². The summed E-state index contributed by atoms with van der Waals surface area (Å²) >= 11 is 4.39. The van der Waals surface area contributed by atoms with E-state index in [-0.39, 0.29) is 0 Å². The molecule has 1 aliphatic carbocycles. The van der Waals surface area contributed by atoms with Crippen molar-refractivity contribution in [3.63, 3.8) is 0 Å². The highest BCUT2D eigenvalue weighted by Crippen LogP contribution is 2.47. The molecular weight excluding hydrogens is 180 g/mol. The third kappa shape index (κ3) is 1.75. The summed E-state index contributed by atoms with van der Waals surface area (Å²) in [6, 6.07) is 2.13. The zero-order chi connectivity index (χ0) is 9.47. The highest BCUT2D eigenvalue weighted by Gasteiger charge is 2.41. The third-order valence-corrected chi connectivity index (χ3v) is 3.55. The maximum atomic E-state index is 4.47. The van der Waals surface area contributed by atoms with Crippen molar-refractivity contribution >= 4 is 12.6 Å². The molecule has 2 rings (SSSR count). The lowest BCUT2D eigenvalue weighted by molar-refractivity contribution is 0.432. The minimum Gasteiger partial charge on any atom is -0.269 e. The van der Waals surface area contributed by atoms with Crippen molar-refractivity contribution in [3.05, 3.63) is 17.5 Å². The molecule has 1 aromatic rings. The van der Waals surface area contributed by atoms with Gasteiger partial charge in [-0.3, -0.25) is 4.68 Å². The fraction of sp³-hybridized carbons (Fsp3) is 0.700. The van der Waals surface area contributed by atoms with E-state index in [4.69, 9.17) is 0 Å². The summed E-state index contributed by atoms with van der Waals surface area (Å²) in [5, 5.41) is 4.47. The van der Waals surface area contributed by atoms with Crippen molar-refractivity contribution in [1.82, 2.24) is 9.78 Å². The van der Waals surface area contributed by atoms with Crippen molar-refractivity contribution in [2.45, 2.75) is 33.2 Å². The van der Waals surface area contributed by atoms with Gasteiger partial charge in [-0.05, 0) is 43.9 Å². The lowest BCUT2D eigenvalue weighted by Crippen LogP contribution is -2.15. The van der Waals surface area contributed by atoms with Crippen molar-refractivity contribution in [1.29, 1.82) is 0 Å². The van der Waals surface area contributed by atoms with Gasteiger partial charge < -0.3 is 0 Å². The molecule has 0 atom stereocenters. The summed E-state index contributed by atoms with van der Waals surface area (Å²) in [6.07, 6.45) is 2.63. The molecule has 72 valence electrons. The minimum atomic E-state index is 0.465. The van der Waals surface area contributed by atoms with E-state index < -0.39 is 0 Å². The summed E-state index contributed by atoms with van der Waals surface area (Å²) in [4.78, 5) is 0. The van der Waals surface area contributed by atoms with Crippen LogP contribution in [0, 0.1) is 19.3 Å². The van der Waals surface area contributed by atoms with Gasteiger partial charge in [-0.1, -0.05) is 0 Å². The Labute approximate surface area is 84.7 Å². The number of aryl methyl sites for hydroxylation is 2. The molecule has 0 amide bonds. The first kappa shape index (κ1) is 9.13. The van der Waals surface area contributed by atoms with Gasteiger partial charge in [0, 0.05) is 12.2 Å². The maximum absolute atomic E-state index is 4.47. The SMILES string of the molecule is Cc1cc(C)n(CC2(CS)CC2)n1. The average molecular weight is 196 g/mol. The zero-order valence-corrected chi connectivity index (χ0v) is 9.14. The van der Waals surface area contributed by atoms with E-state index in [0.29, 0.717) is 5.41 Å². The van der Waals surface area contributed by atoms with E-state index in [1.807, 2.05) is 6.92 Å². The Morgan fingerprint density at radius 3 is 2.62 bits per heavy atom. The molecule has 0 radical (unpaired) electrons. The minimum absolute atomic E-state index is 0.465. The smallest absolute Gasteiger partial charge is 0.0596 e. The van der Waals surface area contributed by atoms with Gasteiger partial charge in [0.25, 0.3) is 0 Å². The van der Waals surface area contributed by atoms with E-state index in [1.54, 1.807) is 0 Å². The van der Waals surface area contributed by atoms with Crippen LogP contribution in [-0.4, -0.2) is 15.5 Å². The normalized spacial score (nSPS) is 19.0. The van der Waals surface area contributed by atoms with Gasteiger partial charge in [-0.25, -0.2) is 0 Å². The van der Waals surface area contributed by atoms with Gasteiger partial charge in [0.15, 0.2) is 0 Å². The summed E-state index contributed by atoms with van der Waals surface area (Å²) in [5.41, 5.74) is 2.85. The molecule has 0 N–H and O–H groups in total. The molecule has 0 spiro atoms. The fourth-order valence-corrected chi connectivity index (χ4v) is 2.11. The van der Waals surface area contributed by atoms with Crippen molar-refractivity contribution in [3.8, 4) is 0 Å². The number of hydrogen-bond donors (Lipinski definition) is 1. The lowest BCUT2D eigenvalue weighted by atomic mass is 10.1. The molecular formula is C10H16N2S. The molecule has 0 saturated heterocycles. The van der Waals surface area contributed by atoms with Crippen molar-refractivity contribution in [2.75, 3.05) is 5.75 Å². The summed E-state index contributed by atoms with van der Waals surface area (Å²) in [6.45, 7) is 5.22. The second kappa shape index (κ2) is 3.05. The molecule has 13 heavy (non-hydrogen) atoms. The first-order valence-corrected chi connectivity index (χ1v) is 5.40. The number of nitrogens with zero attached hydrogens (tertiary/aromatic N) is 2. The monoisotopic (exact) mass is 196 g/mol. The second-order valence-electron chi connectivity index (χ2n) is 4.24. The summed E-state index contributed by atoms with van der Waals surface area (Å²) < 4.78 is 2.12. The van der Waals surface area contributed by atoms with E-state index in [1.165, 1.54) is 18.5 Å². The summed E-state index contributed by atoms with van der Waals surface area (Å²) in [5.74, 6) is 0.991. The zero-order valence-electron chi connectivity index (χ0n) is 8.25. The van der Waals surface area contributed by atoms with Gasteiger partial charge >= 0.3 is 0 Å². The predicted molar refractivity (Wildman–Crippen MR) is 57.2 cm³/mol. The van der Waals surface area contributed by atoms with E-state index >= 15 is 0 Å². The fourth-order valence-electron chi connectivity index (χ4n) is 1.70. The number of thiol groups is 1. The Morgan fingerprint density at radius 2 is 2.23 bits per heavy atom. The Hall–Kier alpha value is -0.440. The van der Waals surface area contributed by atoms with E-state index in [9.17, 15) is 0 Å². The van der Waals surface area contributed by atoms with Gasteiger partial charge in [0.1, 0.15) is 0 Å². The number of aromatic nitrogens is 2. The maximum Gasteiger partial charge on any atom is 0.0596 e. The van der Waals surface area contributed by atoms with Crippen LogP contribution in [0.2, 0.25) is 0 Å². The molecule has 1 aromatic heterocycles. The van der Waals surface area contributed by atoms with Crippen LogP contribution in [0.4, 0.5) is 0 Å². The molecule has 0 aromatic carbocycles. The Bertz CT molecular complexity index is 313.